The molecule has 0 radical (unpaired) electrons. The van der Waals surface area contributed by atoms with Gasteiger partial charge in [0.1, 0.15) is 0 Å². The molecular weight excluding hydrogens is 431 g/mol. The minimum Gasteiger partial charge on any atom is -0.369 e. The van der Waals surface area contributed by atoms with E-state index >= 15 is 0 Å². The molecule has 1 aliphatic rings. The summed E-state index contributed by atoms with van der Waals surface area (Å²) in [5, 5.41) is 10.6. The van der Waals surface area contributed by atoms with Crippen LogP contribution in [0, 0.1) is 6.92 Å². The van der Waals surface area contributed by atoms with Crippen molar-refractivity contribution in [3.63, 3.8) is 0 Å². The van der Waals surface area contributed by atoms with Gasteiger partial charge in [0.2, 0.25) is 5.89 Å². The van der Waals surface area contributed by atoms with E-state index in [-0.39, 0.29) is 24.0 Å². The lowest BCUT2D eigenvalue weighted by Gasteiger charge is -2.35. The molecule has 1 fully saturated rings. The van der Waals surface area contributed by atoms with E-state index in [4.69, 9.17) is 4.52 Å². The summed E-state index contributed by atoms with van der Waals surface area (Å²) >= 11 is 0. The quantitative estimate of drug-likeness (QED) is 0.418. The fourth-order valence-corrected chi connectivity index (χ4v) is 2.93. The molecule has 1 saturated heterocycles. The van der Waals surface area contributed by atoms with Gasteiger partial charge in [-0.15, -0.1) is 24.0 Å². The molecule has 7 nitrogen and oxygen atoms in total. The van der Waals surface area contributed by atoms with Gasteiger partial charge in [-0.2, -0.15) is 4.98 Å². The van der Waals surface area contributed by atoms with Crippen molar-refractivity contribution in [1.82, 2.24) is 20.8 Å². The second kappa shape index (κ2) is 9.59. The van der Waals surface area contributed by atoms with Crippen molar-refractivity contribution < 1.29 is 4.52 Å². The average molecular weight is 456 g/mol. The Morgan fingerprint density at radius 3 is 2.84 bits per heavy atom. The van der Waals surface area contributed by atoms with E-state index in [0.29, 0.717) is 24.3 Å². The molecule has 0 bridgehead atoms. The Bertz CT molecular complexity index is 675. The van der Waals surface area contributed by atoms with Gasteiger partial charge in [-0.05, 0) is 25.0 Å². The SMILES string of the molecule is CN=C(NCc1noc(C)n1)NC1CCCN(c2ccccc2)C1.I. The van der Waals surface area contributed by atoms with E-state index in [1.165, 1.54) is 5.69 Å². The van der Waals surface area contributed by atoms with E-state index in [9.17, 15) is 0 Å². The van der Waals surface area contributed by atoms with Crippen LogP contribution in [0.5, 0.6) is 0 Å². The molecule has 136 valence electrons. The first-order valence-corrected chi connectivity index (χ1v) is 8.31. The van der Waals surface area contributed by atoms with Crippen LogP contribution >= 0.6 is 24.0 Å². The van der Waals surface area contributed by atoms with Crippen LogP contribution in [0.25, 0.3) is 0 Å². The van der Waals surface area contributed by atoms with Gasteiger partial charge in [0, 0.05) is 38.8 Å². The summed E-state index contributed by atoms with van der Waals surface area (Å²) in [6.07, 6.45) is 2.29. The lowest BCUT2D eigenvalue weighted by Crippen LogP contribution is -2.51. The van der Waals surface area contributed by atoms with Gasteiger partial charge in [0.15, 0.2) is 11.8 Å². The number of piperidine rings is 1. The molecule has 3 rings (SSSR count). The van der Waals surface area contributed by atoms with Gasteiger partial charge < -0.3 is 20.1 Å². The van der Waals surface area contributed by atoms with Gasteiger partial charge in [0.05, 0.1) is 6.54 Å². The van der Waals surface area contributed by atoms with Crippen LogP contribution in [0.3, 0.4) is 0 Å². The first kappa shape index (κ1) is 19.5. The second-order valence-corrected chi connectivity index (χ2v) is 5.92. The number of rotatable bonds is 4. The largest absolute Gasteiger partial charge is 0.369 e. The number of anilines is 1. The average Bonchev–Trinajstić information content (AvgIpc) is 3.05. The van der Waals surface area contributed by atoms with Crippen LogP contribution in [0.15, 0.2) is 39.8 Å². The minimum atomic E-state index is 0. The summed E-state index contributed by atoms with van der Waals surface area (Å²) in [4.78, 5) is 10.9. The summed E-state index contributed by atoms with van der Waals surface area (Å²) in [7, 11) is 1.77. The zero-order valence-electron chi connectivity index (χ0n) is 14.6. The molecule has 25 heavy (non-hydrogen) atoms. The zero-order chi connectivity index (χ0) is 16.8. The Balaban J connectivity index is 0.00000225. The smallest absolute Gasteiger partial charge is 0.223 e. The molecule has 1 atom stereocenters. The highest BCUT2D eigenvalue weighted by atomic mass is 127. The lowest BCUT2D eigenvalue weighted by atomic mass is 10.1. The highest BCUT2D eigenvalue weighted by molar-refractivity contribution is 14.0. The van der Waals surface area contributed by atoms with Crippen molar-refractivity contribution in [2.45, 2.75) is 32.4 Å². The van der Waals surface area contributed by atoms with Gasteiger partial charge in [0.25, 0.3) is 0 Å². The lowest BCUT2D eigenvalue weighted by molar-refractivity contribution is 0.386. The first-order chi connectivity index (χ1) is 11.7. The van der Waals surface area contributed by atoms with Gasteiger partial charge in [-0.1, -0.05) is 23.4 Å². The number of hydrogen-bond donors (Lipinski definition) is 2. The van der Waals surface area contributed by atoms with Gasteiger partial charge in [-0.3, -0.25) is 4.99 Å². The minimum absolute atomic E-state index is 0. The summed E-state index contributed by atoms with van der Waals surface area (Å²) < 4.78 is 4.98. The number of benzene rings is 1. The molecule has 1 aromatic heterocycles. The third kappa shape index (κ3) is 5.58. The summed E-state index contributed by atoms with van der Waals surface area (Å²) in [6, 6.07) is 10.9. The monoisotopic (exact) mass is 456 g/mol. The van der Waals surface area contributed by atoms with E-state index < -0.39 is 0 Å². The molecule has 1 aliphatic heterocycles. The molecule has 0 amide bonds. The predicted octanol–water partition coefficient (Wildman–Crippen LogP) is 2.33. The van der Waals surface area contributed by atoms with Crippen molar-refractivity contribution in [1.29, 1.82) is 0 Å². The Labute approximate surface area is 165 Å². The fourth-order valence-electron chi connectivity index (χ4n) is 2.93. The number of aromatic nitrogens is 2. The molecule has 2 aromatic rings. The maximum atomic E-state index is 4.98. The Morgan fingerprint density at radius 1 is 1.36 bits per heavy atom. The van der Waals surface area contributed by atoms with Crippen LogP contribution in [0.2, 0.25) is 0 Å². The van der Waals surface area contributed by atoms with Crippen LogP contribution in [-0.2, 0) is 6.54 Å². The van der Waals surface area contributed by atoms with Crippen LogP contribution in [-0.4, -0.2) is 42.3 Å². The number of halogens is 1. The van der Waals surface area contributed by atoms with Gasteiger partial charge >= 0.3 is 0 Å². The molecule has 0 spiro atoms. The number of hydrogen-bond acceptors (Lipinski definition) is 5. The van der Waals surface area contributed by atoms with E-state index in [2.05, 4.69) is 61.0 Å². The summed E-state index contributed by atoms with van der Waals surface area (Å²) in [6.45, 7) is 4.33. The number of guanidine groups is 1. The highest BCUT2D eigenvalue weighted by Gasteiger charge is 2.21. The first-order valence-electron chi connectivity index (χ1n) is 8.31. The Morgan fingerprint density at radius 2 is 2.16 bits per heavy atom. The maximum absolute atomic E-state index is 4.98. The molecule has 1 aromatic carbocycles. The predicted molar refractivity (Wildman–Crippen MR) is 109 cm³/mol. The zero-order valence-corrected chi connectivity index (χ0v) is 16.9. The number of aliphatic imine (C=N–C) groups is 1. The van der Waals surface area contributed by atoms with Crippen molar-refractivity contribution in [2.24, 2.45) is 4.99 Å². The van der Waals surface area contributed by atoms with Crippen LogP contribution < -0.4 is 15.5 Å². The van der Waals surface area contributed by atoms with Gasteiger partial charge in [-0.25, -0.2) is 0 Å². The van der Waals surface area contributed by atoms with Crippen molar-refractivity contribution in [3.05, 3.63) is 42.0 Å². The molecule has 1 unspecified atom stereocenters. The Kier molecular flexibility index (Phi) is 7.48. The van der Waals surface area contributed by atoms with E-state index in [0.717, 1.165) is 31.9 Å². The van der Waals surface area contributed by atoms with Crippen molar-refractivity contribution >= 4 is 35.6 Å². The van der Waals surface area contributed by atoms with E-state index in [1.807, 2.05) is 0 Å². The number of nitrogens with zero attached hydrogens (tertiary/aromatic N) is 4. The third-order valence-electron chi connectivity index (χ3n) is 4.09. The van der Waals surface area contributed by atoms with Crippen molar-refractivity contribution in [3.8, 4) is 0 Å². The second-order valence-electron chi connectivity index (χ2n) is 5.92. The molecule has 0 aliphatic carbocycles. The number of nitrogens with one attached hydrogen (secondary N) is 2. The fraction of sp³-hybridized carbons (Fsp3) is 0.471. The van der Waals surface area contributed by atoms with E-state index in [1.54, 1.807) is 14.0 Å². The topological polar surface area (TPSA) is 78.6 Å². The Hall–Kier alpha value is -1.84. The van der Waals surface area contributed by atoms with Crippen LogP contribution in [0.1, 0.15) is 24.6 Å². The maximum Gasteiger partial charge on any atom is 0.223 e. The number of para-hydroxylation sites is 1. The molecule has 2 N–H and O–H groups in total. The third-order valence-corrected chi connectivity index (χ3v) is 4.09. The molecular formula is C17H25IN6O. The molecule has 8 heteroatoms. The standard InChI is InChI=1S/C17H24N6O.HI/c1-13-20-16(22-24-13)11-19-17(18-2)21-14-7-6-10-23(12-14)15-8-4-3-5-9-15;/h3-5,8-9,14H,6-7,10-12H2,1-2H3,(H2,18,19,21);1H. The highest BCUT2D eigenvalue weighted by Crippen LogP contribution is 2.19. The molecule has 2 heterocycles. The van der Waals surface area contributed by atoms with Crippen LogP contribution in [0.4, 0.5) is 5.69 Å². The summed E-state index contributed by atoms with van der Waals surface area (Å²) in [5.74, 6) is 1.96. The van der Waals surface area contributed by atoms with Crippen molar-refractivity contribution in [2.75, 3.05) is 25.0 Å². The molecule has 0 saturated carbocycles. The number of aryl methyl sites for hydroxylation is 1. The normalized spacial score (nSPS) is 17.8. The summed E-state index contributed by atoms with van der Waals surface area (Å²) in [5.41, 5.74) is 1.27.